The topological polar surface area (TPSA) is 87.0 Å². The fourth-order valence-electron chi connectivity index (χ4n) is 3.50. The molecule has 1 atom stereocenters. The van der Waals surface area contributed by atoms with Gasteiger partial charge in [0.05, 0.1) is 11.5 Å². The lowest BCUT2D eigenvalue weighted by Crippen LogP contribution is -2.26. The number of hydrogen-bond donors (Lipinski definition) is 3. The van der Waals surface area contributed by atoms with Gasteiger partial charge in [-0.1, -0.05) is 29.4 Å². The maximum Gasteiger partial charge on any atom is 0.177 e. The number of phenols is 3. The summed E-state index contributed by atoms with van der Waals surface area (Å²) in [5.74, 6) is -0.520. The SMILES string of the molecule is CC(C)=CCc1cc2c(cc1O)OC[C@@H](c1ccc(O)c(CC=C(C)C)c1O)C2=O. The summed E-state index contributed by atoms with van der Waals surface area (Å²) >= 11 is 0. The Labute approximate surface area is 177 Å². The minimum atomic E-state index is -0.690. The van der Waals surface area contributed by atoms with Crippen LogP contribution in [-0.2, 0) is 12.8 Å². The molecule has 0 unspecified atom stereocenters. The molecule has 30 heavy (non-hydrogen) atoms. The average Bonchev–Trinajstić information content (AvgIpc) is 2.67. The first-order valence-electron chi connectivity index (χ1n) is 10.0. The Bertz CT molecular complexity index is 1040. The highest BCUT2D eigenvalue weighted by Gasteiger charge is 2.33. The van der Waals surface area contributed by atoms with Crippen LogP contribution < -0.4 is 4.74 Å². The van der Waals surface area contributed by atoms with Crippen LogP contribution in [0.2, 0.25) is 0 Å². The van der Waals surface area contributed by atoms with E-state index in [0.717, 1.165) is 11.1 Å². The first-order valence-corrected chi connectivity index (χ1v) is 10.0. The van der Waals surface area contributed by atoms with Crippen LogP contribution in [0.15, 0.2) is 47.6 Å². The first-order chi connectivity index (χ1) is 14.2. The highest BCUT2D eigenvalue weighted by molar-refractivity contribution is 6.05. The van der Waals surface area contributed by atoms with Gasteiger partial charge in [-0.05, 0) is 58.2 Å². The number of rotatable bonds is 5. The van der Waals surface area contributed by atoms with Gasteiger partial charge >= 0.3 is 0 Å². The smallest absolute Gasteiger partial charge is 0.177 e. The Hall–Kier alpha value is -3.21. The molecule has 1 aliphatic rings. The third kappa shape index (κ3) is 4.35. The van der Waals surface area contributed by atoms with Gasteiger partial charge < -0.3 is 20.1 Å². The molecule has 0 spiro atoms. The van der Waals surface area contributed by atoms with Crippen LogP contribution in [0.4, 0.5) is 0 Å². The number of Topliss-reactive ketones (excluding diaryl/α,β-unsaturated/α-hetero) is 1. The highest BCUT2D eigenvalue weighted by atomic mass is 16.5. The van der Waals surface area contributed by atoms with Crippen LogP contribution in [0.1, 0.15) is 60.7 Å². The molecule has 3 rings (SSSR count). The zero-order valence-electron chi connectivity index (χ0n) is 17.8. The lowest BCUT2D eigenvalue weighted by atomic mass is 9.86. The summed E-state index contributed by atoms with van der Waals surface area (Å²) in [6.45, 7) is 7.88. The molecule has 0 aliphatic carbocycles. The summed E-state index contributed by atoms with van der Waals surface area (Å²) in [6.07, 6.45) is 4.77. The molecule has 0 fully saturated rings. The number of carbonyl (C=O) groups excluding carboxylic acids is 1. The normalized spacial score (nSPS) is 15.2. The maximum absolute atomic E-state index is 13.3. The molecular weight excluding hydrogens is 380 g/mol. The van der Waals surface area contributed by atoms with E-state index in [1.165, 1.54) is 12.1 Å². The van der Waals surface area contributed by atoms with Crippen LogP contribution in [0.5, 0.6) is 23.0 Å². The number of phenolic OH excluding ortho intramolecular Hbond substituents is 3. The number of hydrogen-bond acceptors (Lipinski definition) is 5. The Kier molecular flexibility index (Phi) is 6.20. The average molecular weight is 408 g/mol. The van der Waals surface area contributed by atoms with Crippen LogP contribution in [-0.4, -0.2) is 27.7 Å². The van der Waals surface area contributed by atoms with Gasteiger partial charge in [0.25, 0.3) is 0 Å². The van der Waals surface area contributed by atoms with Crippen molar-refractivity contribution >= 4 is 5.78 Å². The summed E-state index contributed by atoms with van der Waals surface area (Å²) in [6, 6.07) is 6.22. The van der Waals surface area contributed by atoms with Crippen molar-refractivity contribution in [1.82, 2.24) is 0 Å². The fraction of sp³-hybridized carbons (Fsp3) is 0.320. The van der Waals surface area contributed by atoms with Crippen molar-refractivity contribution in [3.8, 4) is 23.0 Å². The second kappa shape index (κ2) is 8.66. The predicted molar refractivity (Wildman–Crippen MR) is 117 cm³/mol. The Morgan fingerprint density at radius 1 is 1.00 bits per heavy atom. The van der Waals surface area contributed by atoms with E-state index in [4.69, 9.17) is 4.74 Å². The molecule has 0 radical (unpaired) electrons. The third-order valence-electron chi connectivity index (χ3n) is 5.28. The molecular formula is C25H28O5. The lowest BCUT2D eigenvalue weighted by Gasteiger charge is -2.26. The summed E-state index contributed by atoms with van der Waals surface area (Å²) in [5, 5.41) is 31.3. The van der Waals surface area contributed by atoms with Crippen LogP contribution >= 0.6 is 0 Å². The number of ether oxygens (including phenoxy) is 1. The molecule has 1 heterocycles. The van der Waals surface area contributed by atoms with Gasteiger partial charge in [0.1, 0.15) is 29.6 Å². The van der Waals surface area contributed by atoms with E-state index >= 15 is 0 Å². The van der Waals surface area contributed by atoms with Crippen LogP contribution in [0.3, 0.4) is 0 Å². The fourth-order valence-corrected chi connectivity index (χ4v) is 3.50. The summed E-state index contributed by atoms with van der Waals surface area (Å²) in [5.41, 5.74) is 4.03. The molecule has 5 nitrogen and oxygen atoms in total. The van der Waals surface area contributed by atoms with Crippen LogP contribution in [0, 0.1) is 0 Å². The first kappa shape index (κ1) is 21.5. The van der Waals surface area contributed by atoms with E-state index in [0.29, 0.717) is 40.8 Å². The van der Waals surface area contributed by atoms with Crippen molar-refractivity contribution in [3.05, 3.63) is 69.8 Å². The molecule has 0 aromatic heterocycles. The summed E-state index contributed by atoms with van der Waals surface area (Å²) in [4.78, 5) is 13.3. The monoisotopic (exact) mass is 408 g/mol. The lowest BCUT2D eigenvalue weighted by molar-refractivity contribution is 0.0893. The van der Waals surface area contributed by atoms with Crippen molar-refractivity contribution in [2.75, 3.05) is 6.61 Å². The molecule has 5 heteroatoms. The zero-order valence-corrected chi connectivity index (χ0v) is 17.8. The molecule has 0 saturated heterocycles. The van der Waals surface area contributed by atoms with Gasteiger partial charge in [-0.2, -0.15) is 0 Å². The van der Waals surface area contributed by atoms with E-state index in [-0.39, 0.29) is 29.6 Å². The largest absolute Gasteiger partial charge is 0.508 e. The van der Waals surface area contributed by atoms with E-state index in [2.05, 4.69) is 0 Å². The van der Waals surface area contributed by atoms with E-state index < -0.39 is 5.92 Å². The van der Waals surface area contributed by atoms with Gasteiger partial charge in [0, 0.05) is 17.2 Å². The second-order valence-electron chi connectivity index (χ2n) is 8.18. The number of aromatic hydroxyl groups is 3. The zero-order chi connectivity index (χ0) is 22.0. The second-order valence-corrected chi connectivity index (χ2v) is 8.18. The quantitative estimate of drug-likeness (QED) is 0.594. The Balaban J connectivity index is 1.99. The Morgan fingerprint density at radius 3 is 2.33 bits per heavy atom. The number of allylic oxidation sites excluding steroid dienone is 4. The van der Waals surface area contributed by atoms with E-state index in [9.17, 15) is 20.1 Å². The Morgan fingerprint density at radius 2 is 1.67 bits per heavy atom. The molecule has 1 aliphatic heterocycles. The third-order valence-corrected chi connectivity index (χ3v) is 5.28. The number of benzene rings is 2. The predicted octanol–water partition coefficient (Wildman–Crippen LogP) is 5.18. The van der Waals surface area contributed by atoms with E-state index in [1.54, 1.807) is 12.1 Å². The van der Waals surface area contributed by atoms with Crippen LogP contribution in [0.25, 0.3) is 0 Å². The molecule has 2 aromatic rings. The van der Waals surface area contributed by atoms with Gasteiger partial charge in [-0.25, -0.2) is 0 Å². The standard InChI is InChI=1S/C25H28O5/c1-14(2)5-7-16-11-19-23(12-22(16)27)30-13-20(25(19)29)17-9-10-21(26)18(24(17)28)8-6-15(3)4/h5-6,9-12,20,26-28H,7-8,13H2,1-4H3/t20-/m0/s1. The van der Waals surface area contributed by atoms with Gasteiger partial charge in [0.2, 0.25) is 0 Å². The molecule has 158 valence electrons. The van der Waals surface area contributed by atoms with Crippen molar-refractivity contribution < 1.29 is 24.9 Å². The summed E-state index contributed by atoms with van der Waals surface area (Å²) < 4.78 is 5.76. The minimum absolute atomic E-state index is 0.00717. The molecule has 2 aromatic carbocycles. The molecule has 0 amide bonds. The van der Waals surface area contributed by atoms with Crippen molar-refractivity contribution in [1.29, 1.82) is 0 Å². The van der Waals surface area contributed by atoms with E-state index in [1.807, 2.05) is 39.8 Å². The van der Waals surface area contributed by atoms with Gasteiger partial charge in [0.15, 0.2) is 5.78 Å². The molecule has 3 N–H and O–H groups in total. The molecule has 0 saturated carbocycles. The van der Waals surface area contributed by atoms with Crippen molar-refractivity contribution in [2.45, 2.75) is 46.5 Å². The minimum Gasteiger partial charge on any atom is -0.508 e. The highest BCUT2D eigenvalue weighted by Crippen LogP contribution is 2.41. The van der Waals surface area contributed by atoms with Crippen molar-refractivity contribution in [2.24, 2.45) is 0 Å². The van der Waals surface area contributed by atoms with Crippen molar-refractivity contribution in [3.63, 3.8) is 0 Å². The number of fused-ring (bicyclic) bond motifs is 1. The number of ketones is 1. The summed E-state index contributed by atoms with van der Waals surface area (Å²) in [7, 11) is 0. The number of carbonyl (C=O) groups is 1. The van der Waals surface area contributed by atoms with Gasteiger partial charge in [-0.3, -0.25) is 4.79 Å². The van der Waals surface area contributed by atoms with Gasteiger partial charge in [-0.15, -0.1) is 0 Å². The molecule has 0 bridgehead atoms. The maximum atomic E-state index is 13.3.